The van der Waals surface area contributed by atoms with Gasteiger partial charge in [-0.05, 0) is 18.4 Å². The SMILES string of the molecule is CC(C)COc1ncc(C(=O)N[C@@H]2C=C[C@H](CO)C2)cc1Cl. The van der Waals surface area contributed by atoms with Crippen molar-refractivity contribution in [3.63, 3.8) is 0 Å². The number of ether oxygens (including phenoxy) is 1. The Labute approximate surface area is 135 Å². The highest BCUT2D eigenvalue weighted by molar-refractivity contribution is 6.32. The van der Waals surface area contributed by atoms with E-state index in [0.717, 1.165) is 0 Å². The Morgan fingerprint density at radius 2 is 2.32 bits per heavy atom. The van der Waals surface area contributed by atoms with E-state index in [4.69, 9.17) is 21.4 Å². The fraction of sp³-hybridized carbons (Fsp3) is 0.500. The van der Waals surface area contributed by atoms with E-state index >= 15 is 0 Å². The second-order valence-corrected chi connectivity index (χ2v) is 6.27. The van der Waals surface area contributed by atoms with E-state index in [0.29, 0.717) is 35.4 Å². The van der Waals surface area contributed by atoms with Gasteiger partial charge in [0.2, 0.25) is 5.88 Å². The number of amides is 1. The molecule has 120 valence electrons. The van der Waals surface area contributed by atoms with Gasteiger partial charge in [0.15, 0.2) is 0 Å². The summed E-state index contributed by atoms with van der Waals surface area (Å²) in [7, 11) is 0. The highest BCUT2D eigenvalue weighted by Gasteiger charge is 2.21. The van der Waals surface area contributed by atoms with Crippen LogP contribution >= 0.6 is 11.6 Å². The first-order chi connectivity index (χ1) is 10.5. The highest BCUT2D eigenvalue weighted by atomic mass is 35.5. The van der Waals surface area contributed by atoms with Crippen molar-refractivity contribution in [2.24, 2.45) is 11.8 Å². The van der Waals surface area contributed by atoms with Gasteiger partial charge < -0.3 is 15.2 Å². The van der Waals surface area contributed by atoms with Gasteiger partial charge in [0.05, 0.1) is 12.2 Å². The van der Waals surface area contributed by atoms with Gasteiger partial charge >= 0.3 is 0 Å². The van der Waals surface area contributed by atoms with Crippen LogP contribution in [-0.4, -0.2) is 35.3 Å². The number of nitrogens with zero attached hydrogens (tertiary/aromatic N) is 1. The molecule has 1 heterocycles. The number of halogens is 1. The summed E-state index contributed by atoms with van der Waals surface area (Å²) < 4.78 is 5.48. The highest BCUT2D eigenvalue weighted by Crippen LogP contribution is 2.23. The molecular weight excluding hydrogens is 304 g/mol. The quantitative estimate of drug-likeness (QED) is 0.788. The van der Waals surface area contributed by atoms with Crippen molar-refractivity contribution in [3.8, 4) is 5.88 Å². The van der Waals surface area contributed by atoms with E-state index in [-0.39, 0.29) is 24.5 Å². The summed E-state index contributed by atoms with van der Waals surface area (Å²) in [5.74, 6) is 0.583. The van der Waals surface area contributed by atoms with Crippen LogP contribution in [0.2, 0.25) is 5.02 Å². The number of hydrogen-bond donors (Lipinski definition) is 2. The van der Waals surface area contributed by atoms with Gasteiger partial charge in [0.1, 0.15) is 5.02 Å². The van der Waals surface area contributed by atoms with Crippen LogP contribution in [0.5, 0.6) is 5.88 Å². The Morgan fingerprint density at radius 1 is 1.55 bits per heavy atom. The van der Waals surface area contributed by atoms with Crippen LogP contribution in [0.15, 0.2) is 24.4 Å². The predicted molar refractivity (Wildman–Crippen MR) is 85.2 cm³/mol. The number of aliphatic hydroxyl groups excluding tert-OH is 1. The van der Waals surface area contributed by atoms with Gasteiger partial charge in [-0.1, -0.05) is 37.6 Å². The van der Waals surface area contributed by atoms with Crippen LogP contribution in [0.3, 0.4) is 0 Å². The molecule has 2 rings (SSSR count). The molecule has 0 unspecified atom stereocenters. The van der Waals surface area contributed by atoms with Crippen molar-refractivity contribution in [2.75, 3.05) is 13.2 Å². The number of pyridine rings is 1. The van der Waals surface area contributed by atoms with Crippen molar-refractivity contribution >= 4 is 17.5 Å². The molecule has 1 aliphatic rings. The largest absolute Gasteiger partial charge is 0.476 e. The van der Waals surface area contributed by atoms with Crippen molar-refractivity contribution < 1.29 is 14.6 Å². The summed E-state index contributed by atoms with van der Waals surface area (Å²) in [4.78, 5) is 16.3. The zero-order valence-corrected chi connectivity index (χ0v) is 13.5. The van der Waals surface area contributed by atoms with Crippen LogP contribution < -0.4 is 10.1 Å². The minimum Gasteiger partial charge on any atom is -0.476 e. The zero-order chi connectivity index (χ0) is 16.1. The van der Waals surface area contributed by atoms with Crippen molar-refractivity contribution in [1.82, 2.24) is 10.3 Å². The lowest BCUT2D eigenvalue weighted by atomic mass is 10.1. The predicted octanol–water partition coefficient (Wildman–Crippen LogP) is 2.44. The fourth-order valence-electron chi connectivity index (χ4n) is 2.17. The van der Waals surface area contributed by atoms with Crippen molar-refractivity contribution in [2.45, 2.75) is 26.3 Å². The summed E-state index contributed by atoms with van der Waals surface area (Å²) in [6, 6.07) is 1.49. The molecule has 22 heavy (non-hydrogen) atoms. The maximum atomic E-state index is 12.2. The third-order valence-corrected chi connectivity index (χ3v) is 3.62. The van der Waals surface area contributed by atoms with Gasteiger partial charge in [0, 0.05) is 24.8 Å². The summed E-state index contributed by atoms with van der Waals surface area (Å²) >= 11 is 6.10. The van der Waals surface area contributed by atoms with Gasteiger partial charge in [-0.2, -0.15) is 0 Å². The van der Waals surface area contributed by atoms with Gasteiger partial charge in [0.25, 0.3) is 5.91 Å². The molecule has 0 aliphatic heterocycles. The van der Waals surface area contributed by atoms with Crippen LogP contribution in [-0.2, 0) is 0 Å². The van der Waals surface area contributed by atoms with E-state index in [9.17, 15) is 4.79 Å². The monoisotopic (exact) mass is 324 g/mol. The molecule has 0 saturated heterocycles. The standard InChI is InChI=1S/C16H21ClN2O3/c1-10(2)9-22-16-14(17)6-12(7-18-16)15(21)19-13-4-3-11(5-13)8-20/h3-4,6-7,10-11,13,20H,5,8-9H2,1-2H3,(H,19,21)/t11-,13+/m0/s1. The first-order valence-electron chi connectivity index (χ1n) is 7.38. The Balaban J connectivity index is 1.96. The molecule has 5 nitrogen and oxygen atoms in total. The Bertz CT molecular complexity index is 560. The average molecular weight is 325 g/mol. The molecular formula is C16H21ClN2O3. The molecule has 0 bridgehead atoms. The number of nitrogens with one attached hydrogen (secondary N) is 1. The minimum absolute atomic E-state index is 0.0692. The summed E-state index contributed by atoms with van der Waals surface area (Å²) in [5, 5.41) is 12.3. The van der Waals surface area contributed by atoms with Crippen LogP contribution in [0.25, 0.3) is 0 Å². The number of aliphatic hydroxyl groups is 1. The van der Waals surface area contributed by atoms with E-state index < -0.39 is 0 Å². The molecule has 2 N–H and O–H groups in total. The van der Waals surface area contributed by atoms with Gasteiger partial charge in [-0.25, -0.2) is 4.98 Å². The fourth-order valence-corrected chi connectivity index (χ4v) is 2.39. The first-order valence-corrected chi connectivity index (χ1v) is 7.75. The molecule has 2 atom stereocenters. The first kappa shape index (κ1) is 16.8. The molecule has 6 heteroatoms. The van der Waals surface area contributed by atoms with Crippen LogP contribution in [0.4, 0.5) is 0 Å². The molecule has 0 saturated carbocycles. The Kier molecular flexibility index (Phi) is 5.80. The number of aromatic nitrogens is 1. The Morgan fingerprint density at radius 3 is 2.91 bits per heavy atom. The summed E-state index contributed by atoms with van der Waals surface area (Å²) in [6.45, 7) is 4.68. The maximum Gasteiger partial charge on any atom is 0.253 e. The van der Waals surface area contributed by atoms with Gasteiger partial charge in [-0.15, -0.1) is 0 Å². The van der Waals surface area contributed by atoms with Crippen molar-refractivity contribution in [1.29, 1.82) is 0 Å². The second-order valence-electron chi connectivity index (χ2n) is 5.86. The van der Waals surface area contributed by atoms with Crippen LogP contribution in [0.1, 0.15) is 30.6 Å². The number of hydrogen-bond acceptors (Lipinski definition) is 4. The molecule has 1 aliphatic carbocycles. The lowest BCUT2D eigenvalue weighted by Gasteiger charge is -2.13. The number of rotatable bonds is 6. The van der Waals surface area contributed by atoms with E-state index in [1.54, 1.807) is 6.07 Å². The lowest BCUT2D eigenvalue weighted by Crippen LogP contribution is -2.33. The summed E-state index contributed by atoms with van der Waals surface area (Å²) in [6.07, 6.45) is 5.98. The van der Waals surface area contributed by atoms with Gasteiger partial charge in [-0.3, -0.25) is 4.79 Å². The van der Waals surface area contributed by atoms with Crippen molar-refractivity contribution in [3.05, 3.63) is 35.0 Å². The third kappa shape index (κ3) is 4.45. The molecule has 0 radical (unpaired) electrons. The smallest absolute Gasteiger partial charge is 0.253 e. The van der Waals surface area contributed by atoms with E-state index in [1.165, 1.54) is 6.20 Å². The van der Waals surface area contributed by atoms with E-state index in [1.807, 2.05) is 26.0 Å². The molecule has 0 spiro atoms. The molecule has 1 aromatic rings. The summed E-state index contributed by atoms with van der Waals surface area (Å²) in [5.41, 5.74) is 0.391. The maximum absolute atomic E-state index is 12.2. The topological polar surface area (TPSA) is 71.5 Å². The third-order valence-electron chi connectivity index (χ3n) is 3.35. The number of carbonyl (C=O) groups is 1. The molecule has 0 aromatic carbocycles. The Hall–Kier alpha value is -1.59. The lowest BCUT2D eigenvalue weighted by molar-refractivity contribution is 0.0940. The zero-order valence-electron chi connectivity index (χ0n) is 12.8. The molecule has 0 fully saturated rings. The molecule has 1 aromatic heterocycles. The normalized spacial score (nSPS) is 20.4. The van der Waals surface area contributed by atoms with E-state index in [2.05, 4.69) is 10.3 Å². The number of carbonyl (C=O) groups excluding carboxylic acids is 1. The second kappa shape index (κ2) is 7.61. The molecule has 1 amide bonds. The average Bonchev–Trinajstić information content (AvgIpc) is 2.93. The van der Waals surface area contributed by atoms with Crippen LogP contribution in [0, 0.1) is 11.8 Å². The minimum atomic E-state index is -0.238.